The summed E-state index contributed by atoms with van der Waals surface area (Å²) in [5, 5.41) is 7.65. The molecule has 3 rings (SSSR count). The summed E-state index contributed by atoms with van der Waals surface area (Å²) in [6.45, 7) is 3.38. The molecule has 8 nitrogen and oxygen atoms in total. The molecule has 0 bridgehead atoms. The van der Waals surface area contributed by atoms with Gasteiger partial charge in [-0.05, 0) is 38.6 Å². The van der Waals surface area contributed by atoms with Crippen LogP contribution in [0.2, 0.25) is 0 Å². The first-order valence-electron chi connectivity index (χ1n) is 8.56. The molecule has 1 N–H and O–H groups in total. The maximum absolute atomic E-state index is 12.6. The Morgan fingerprint density at radius 3 is 2.84 bits per heavy atom. The van der Waals surface area contributed by atoms with Gasteiger partial charge in [-0.2, -0.15) is 5.10 Å². The molecule has 2 aromatic heterocycles. The quantitative estimate of drug-likeness (QED) is 0.832. The van der Waals surface area contributed by atoms with Crippen LogP contribution in [0.1, 0.15) is 12.1 Å². The molecule has 1 atom stereocenters. The molecule has 1 aliphatic heterocycles. The Bertz CT molecular complexity index is 685. The van der Waals surface area contributed by atoms with Crippen LogP contribution >= 0.6 is 0 Å². The van der Waals surface area contributed by atoms with Crippen molar-refractivity contribution in [2.75, 3.05) is 39.0 Å². The molecule has 0 fully saturated rings. The topological polar surface area (TPSA) is 79.2 Å². The largest absolute Gasteiger partial charge is 0.354 e. The highest BCUT2D eigenvalue weighted by Crippen LogP contribution is 2.18. The first-order valence-corrected chi connectivity index (χ1v) is 8.56. The van der Waals surface area contributed by atoms with Crippen molar-refractivity contribution < 1.29 is 4.79 Å². The fourth-order valence-corrected chi connectivity index (χ4v) is 3.05. The molecule has 1 unspecified atom stereocenters. The van der Waals surface area contributed by atoms with E-state index in [1.807, 2.05) is 40.8 Å². The number of nitrogens with zero attached hydrogens (tertiary/aromatic N) is 6. The Labute approximate surface area is 147 Å². The van der Waals surface area contributed by atoms with Crippen molar-refractivity contribution in [3.8, 4) is 0 Å². The molecule has 0 aromatic carbocycles. The number of nitrogens with one attached hydrogen (secondary N) is 1. The Morgan fingerprint density at radius 1 is 1.28 bits per heavy atom. The lowest BCUT2D eigenvalue weighted by Gasteiger charge is -2.25. The third-order valence-corrected chi connectivity index (χ3v) is 4.27. The van der Waals surface area contributed by atoms with Crippen LogP contribution in [0.25, 0.3) is 0 Å². The third-order valence-electron chi connectivity index (χ3n) is 4.27. The van der Waals surface area contributed by atoms with Gasteiger partial charge in [-0.15, -0.1) is 0 Å². The predicted octanol–water partition coefficient (Wildman–Crippen LogP) is 0.695. The van der Waals surface area contributed by atoms with Gasteiger partial charge in [-0.25, -0.2) is 9.97 Å². The molecule has 8 heteroatoms. The molecule has 25 heavy (non-hydrogen) atoms. The second-order valence-electron chi connectivity index (χ2n) is 6.67. The molecule has 1 amide bonds. The second kappa shape index (κ2) is 8.06. The van der Waals surface area contributed by atoms with Crippen LogP contribution in [0.15, 0.2) is 30.7 Å². The first kappa shape index (κ1) is 17.3. The van der Waals surface area contributed by atoms with Gasteiger partial charge < -0.3 is 15.1 Å². The lowest BCUT2D eigenvalue weighted by molar-refractivity contribution is -0.133. The number of rotatable bonds is 6. The molecule has 0 radical (unpaired) electrons. The molecule has 0 saturated heterocycles. The van der Waals surface area contributed by atoms with E-state index in [0.717, 1.165) is 31.7 Å². The second-order valence-corrected chi connectivity index (χ2v) is 6.67. The predicted molar refractivity (Wildman–Crippen MR) is 94.8 cm³/mol. The Hall–Kier alpha value is -2.48. The van der Waals surface area contributed by atoms with Gasteiger partial charge in [0.2, 0.25) is 11.9 Å². The minimum absolute atomic E-state index is 0.156. The number of likely N-dealkylation sites (N-methyl/N-ethyl adjacent to an activating group) is 1. The van der Waals surface area contributed by atoms with E-state index in [1.54, 1.807) is 18.5 Å². The molecule has 0 saturated carbocycles. The number of amides is 1. The van der Waals surface area contributed by atoms with Crippen LogP contribution in [0.3, 0.4) is 0 Å². The number of carbonyl (C=O) groups excluding carboxylic acids is 1. The first-order chi connectivity index (χ1) is 12.1. The Kier molecular flexibility index (Phi) is 5.60. The zero-order chi connectivity index (χ0) is 17.6. The summed E-state index contributed by atoms with van der Waals surface area (Å²) < 4.78 is 2.02. The minimum Gasteiger partial charge on any atom is -0.354 e. The van der Waals surface area contributed by atoms with Crippen LogP contribution in [0, 0.1) is 5.92 Å². The van der Waals surface area contributed by atoms with Crippen molar-refractivity contribution >= 4 is 11.9 Å². The summed E-state index contributed by atoms with van der Waals surface area (Å²) >= 11 is 0. The monoisotopic (exact) mass is 343 g/mol. The smallest absolute Gasteiger partial charge is 0.237 e. The van der Waals surface area contributed by atoms with E-state index in [4.69, 9.17) is 0 Å². The average Bonchev–Trinajstić information content (AvgIpc) is 2.93. The van der Waals surface area contributed by atoms with E-state index < -0.39 is 0 Å². The number of hydrogen-bond donors (Lipinski definition) is 1. The van der Waals surface area contributed by atoms with E-state index in [-0.39, 0.29) is 5.91 Å². The molecule has 0 spiro atoms. The van der Waals surface area contributed by atoms with E-state index in [2.05, 4.69) is 20.4 Å². The molecule has 3 heterocycles. The van der Waals surface area contributed by atoms with E-state index >= 15 is 0 Å². The van der Waals surface area contributed by atoms with Gasteiger partial charge in [0, 0.05) is 38.2 Å². The molecular weight excluding hydrogens is 318 g/mol. The molecule has 134 valence electrons. The number of anilines is 1. The van der Waals surface area contributed by atoms with Crippen LogP contribution in [0.4, 0.5) is 5.95 Å². The summed E-state index contributed by atoms with van der Waals surface area (Å²) in [5.74, 6) is 1.13. The summed E-state index contributed by atoms with van der Waals surface area (Å²) in [6.07, 6.45) is 6.17. The maximum atomic E-state index is 12.6. The molecule has 1 aliphatic rings. The van der Waals surface area contributed by atoms with Crippen molar-refractivity contribution in [2.24, 2.45) is 5.92 Å². The van der Waals surface area contributed by atoms with Crippen molar-refractivity contribution in [3.63, 3.8) is 0 Å². The Morgan fingerprint density at radius 2 is 2.08 bits per heavy atom. The third kappa shape index (κ3) is 4.76. The average molecular weight is 343 g/mol. The summed E-state index contributed by atoms with van der Waals surface area (Å²) in [4.78, 5) is 24.8. The summed E-state index contributed by atoms with van der Waals surface area (Å²) in [6, 6.07) is 3.79. The Balaban J connectivity index is 1.63. The fraction of sp³-hybridized carbons (Fsp3) is 0.529. The van der Waals surface area contributed by atoms with E-state index in [9.17, 15) is 4.79 Å². The van der Waals surface area contributed by atoms with Gasteiger partial charge >= 0.3 is 0 Å². The van der Waals surface area contributed by atoms with E-state index in [1.165, 1.54) is 0 Å². The number of carbonyl (C=O) groups is 1. The van der Waals surface area contributed by atoms with Crippen molar-refractivity contribution in [3.05, 3.63) is 36.4 Å². The molecular formula is C17H25N7O. The van der Waals surface area contributed by atoms with Gasteiger partial charge in [0.25, 0.3) is 0 Å². The van der Waals surface area contributed by atoms with Gasteiger partial charge in [-0.1, -0.05) is 0 Å². The normalized spacial score (nSPS) is 17.2. The number of aromatic nitrogens is 4. The summed E-state index contributed by atoms with van der Waals surface area (Å²) in [5.41, 5.74) is 1.09. The zero-order valence-corrected chi connectivity index (χ0v) is 14.8. The van der Waals surface area contributed by atoms with Crippen molar-refractivity contribution in [1.29, 1.82) is 0 Å². The highest BCUT2D eigenvalue weighted by molar-refractivity contribution is 5.78. The fourth-order valence-electron chi connectivity index (χ4n) is 3.05. The molecule has 2 aromatic rings. The van der Waals surface area contributed by atoms with E-state index in [0.29, 0.717) is 25.0 Å². The van der Waals surface area contributed by atoms with Gasteiger partial charge in [-0.3, -0.25) is 9.48 Å². The lowest BCUT2D eigenvalue weighted by Crippen LogP contribution is -2.39. The highest BCUT2D eigenvalue weighted by atomic mass is 16.2. The number of hydrogen-bond acceptors (Lipinski definition) is 6. The number of fused-ring (bicyclic) bond motifs is 1. The zero-order valence-electron chi connectivity index (χ0n) is 14.8. The van der Waals surface area contributed by atoms with Crippen LogP contribution in [0.5, 0.6) is 0 Å². The van der Waals surface area contributed by atoms with Crippen molar-refractivity contribution in [1.82, 2.24) is 29.5 Å². The van der Waals surface area contributed by atoms with Crippen molar-refractivity contribution in [2.45, 2.75) is 19.5 Å². The summed E-state index contributed by atoms with van der Waals surface area (Å²) in [7, 11) is 3.84. The van der Waals surface area contributed by atoms with Crippen LogP contribution < -0.4 is 5.32 Å². The SMILES string of the molecule is CN(C)CC(=O)N1Cc2ccnn2CC(CCNc2ncccn2)C1. The standard InChI is InChI=1S/C17H25N7O/c1-22(2)13-16(25)23-10-14(11-24-15(12-23)5-9-21-24)4-8-20-17-18-6-3-7-19-17/h3,5-7,9,14H,4,8,10-13H2,1-2H3,(H,18,19,20). The van der Waals surface area contributed by atoms with Crippen LogP contribution in [-0.4, -0.2) is 69.2 Å². The molecule has 0 aliphatic carbocycles. The van der Waals surface area contributed by atoms with Crippen LogP contribution in [-0.2, 0) is 17.9 Å². The highest BCUT2D eigenvalue weighted by Gasteiger charge is 2.25. The van der Waals surface area contributed by atoms with Gasteiger partial charge in [0.05, 0.1) is 18.8 Å². The lowest BCUT2D eigenvalue weighted by atomic mass is 10.1. The van der Waals surface area contributed by atoms with Gasteiger partial charge in [0.15, 0.2) is 0 Å². The maximum Gasteiger partial charge on any atom is 0.237 e. The van der Waals surface area contributed by atoms with Gasteiger partial charge in [0.1, 0.15) is 0 Å². The minimum atomic E-state index is 0.156.